The maximum Gasteiger partial charge on any atom is 0.309 e. The SMILES string of the molecule is CCC(=O)O[C@@H]1CC(=O)O[C@@H](C/C=C/c2cncc(Sc3ccccc3)c2)CCCN(C)C[C@H](O)[C@H](C)C[C@H](CC=O)[C@H](O[C@@H]2OC(C)[C@H](O[C@H]3CC(C)(OC(C)=O)[C@@H](OC(=O)CC)C(C)O3)C(N(C)C)C2O)[C@H]1OC. The molecule has 0 bridgehead atoms. The van der Waals surface area contributed by atoms with Crippen LogP contribution in [0.3, 0.4) is 0 Å². The van der Waals surface area contributed by atoms with Crippen molar-refractivity contribution >= 4 is 48.0 Å². The standard InChI is InChI=1S/C56H83N3O16S/c1-12-45(63)71-44-29-47(65)70-40(20-17-19-38-28-42(32-57-31-38)76-41-22-15-14-16-23-41)21-18-25-59(10)33-43(62)34(3)27-39(24-26-60)52(53(44)67-11)74-55-50(66)49(58(8)9)51(35(4)69-55)73-48-30-56(7,75-37(6)61)54(36(5)68-48)72-46(64)13-2/h14-17,19,22-23,26,28,31-32,34-36,39-40,43-44,48-55,62,66H,12-13,18,20-21,24-25,27,29-30,33H2,1-11H3/b19-17+/t34-,35?,36?,39+,40+,43+,44-,48+,49?,50?,51+,52+,53+,54+,55+,56?/m1/s1. The van der Waals surface area contributed by atoms with E-state index in [4.69, 9.17) is 42.6 Å². The van der Waals surface area contributed by atoms with E-state index in [0.717, 1.165) is 21.6 Å². The van der Waals surface area contributed by atoms with Crippen molar-refractivity contribution < 1.29 is 76.8 Å². The molecule has 1 aromatic heterocycles. The third-order valence-corrected chi connectivity index (χ3v) is 15.2. The number of hydrogen-bond donors (Lipinski definition) is 2. The topological polar surface area (TPSA) is 228 Å². The van der Waals surface area contributed by atoms with Gasteiger partial charge in [0.25, 0.3) is 0 Å². The Hall–Kier alpha value is -4.35. The second kappa shape index (κ2) is 30.1. The van der Waals surface area contributed by atoms with Gasteiger partial charge in [-0.05, 0) is 103 Å². The first kappa shape index (κ1) is 62.5. The molecule has 5 rings (SSSR count). The van der Waals surface area contributed by atoms with E-state index in [-0.39, 0.29) is 32.1 Å². The molecule has 0 amide bonds. The molecular formula is C56H83N3O16S. The van der Waals surface area contributed by atoms with Crippen LogP contribution in [0.5, 0.6) is 0 Å². The van der Waals surface area contributed by atoms with Crippen molar-refractivity contribution in [3.63, 3.8) is 0 Å². The highest BCUT2D eigenvalue weighted by molar-refractivity contribution is 7.99. The fourth-order valence-electron chi connectivity index (χ4n) is 10.4. The van der Waals surface area contributed by atoms with Crippen molar-refractivity contribution in [2.45, 2.75) is 201 Å². The molecule has 20 heteroatoms. The van der Waals surface area contributed by atoms with Gasteiger partial charge < -0.3 is 67.4 Å². The minimum Gasteiger partial charge on any atom is -0.462 e. The number of aldehydes is 1. The molecule has 16 atom stereocenters. The molecule has 1 aromatic carbocycles. The number of carbonyl (C=O) groups is 5. The van der Waals surface area contributed by atoms with Crippen LogP contribution in [0.15, 0.2) is 64.7 Å². The van der Waals surface area contributed by atoms with E-state index < -0.39 is 127 Å². The van der Waals surface area contributed by atoms with Crippen LogP contribution in [0.4, 0.5) is 0 Å². The Kier molecular flexibility index (Phi) is 24.8. The lowest BCUT2D eigenvalue weighted by Crippen LogP contribution is -2.66. The Morgan fingerprint density at radius 1 is 0.947 bits per heavy atom. The molecule has 0 spiro atoms. The smallest absolute Gasteiger partial charge is 0.309 e. The maximum atomic E-state index is 14.3. The zero-order valence-electron chi connectivity index (χ0n) is 46.1. The number of esters is 4. The highest BCUT2D eigenvalue weighted by Gasteiger charge is 2.54. The molecule has 3 fully saturated rings. The van der Waals surface area contributed by atoms with Gasteiger partial charge in [-0.3, -0.25) is 24.2 Å². The van der Waals surface area contributed by atoms with Crippen LogP contribution >= 0.6 is 11.8 Å². The average Bonchev–Trinajstić information content (AvgIpc) is 3.36. The molecule has 424 valence electrons. The summed E-state index contributed by atoms with van der Waals surface area (Å²) in [6.07, 6.45) is -3.00. The van der Waals surface area contributed by atoms with Gasteiger partial charge in [-0.2, -0.15) is 0 Å². The summed E-state index contributed by atoms with van der Waals surface area (Å²) < 4.78 is 56.2. The average molecular weight is 1090 g/mol. The number of likely N-dealkylation sites (N-methyl/N-ethyl adjacent to an activating group) is 2. The highest BCUT2D eigenvalue weighted by Crippen LogP contribution is 2.39. The Bertz CT molecular complexity index is 2190. The number of ether oxygens (including phenoxy) is 9. The number of rotatable bonds is 18. The van der Waals surface area contributed by atoms with Gasteiger partial charge in [0, 0.05) is 74.9 Å². The summed E-state index contributed by atoms with van der Waals surface area (Å²) in [6, 6.07) is 11.2. The summed E-state index contributed by atoms with van der Waals surface area (Å²) in [5.74, 6) is -3.48. The number of aliphatic hydroxyl groups excluding tert-OH is 2. The predicted molar refractivity (Wildman–Crippen MR) is 281 cm³/mol. The van der Waals surface area contributed by atoms with Crippen LogP contribution in [0.25, 0.3) is 6.08 Å². The van der Waals surface area contributed by atoms with Crippen molar-refractivity contribution in [2.75, 3.05) is 41.3 Å². The van der Waals surface area contributed by atoms with Gasteiger partial charge >= 0.3 is 23.9 Å². The molecule has 0 saturated carbocycles. The molecule has 0 radical (unpaired) electrons. The van der Waals surface area contributed by atoms with Crippen molar-refractivity contribution in [1.29, 1.82) is 0 Å². The van der Waals surface area contributed by atoms with Gasteiger partial charge in [0.15, 0.2) is 24.3 Å². The highest BCUT2D eigenvalue weighted by atomic mass is 32.2. The van der Waals surface area contributed by atoms with Crippen LogP contribution in [-0.2, 0) is 66.6 Å². The van der Waals surface area contributed by atoms with Crippen molar-refractivity contribution in [2.24, 2.45) is 11.8 Å². The number of benzene rings is 1. The largest absolute Gasteiger partial charge is 0.462 e. The van der Waals surface area contributed by atoms with E-state index >= 15 is 0 Å². The zero-order chi connectivity index (χ0) is 55.7. The van der Waals surface area contributed by atoms with E-state index in [0.29, 0.717) is 32.4 Å². The number of hydrogen-bond acceptors (Lipinski definition) is 20. The fourth-order valence-corrected chi connectivity index (χ4v) is 11.3. The van der Waals surface area contributed by atoms with Gasteiger partial charge in [-0.15, -0.1) is 0 Å². The third-order valence-electron chi connectivity index (χ3n) is 14.2. The molecule has 3 aliphatic rings. The number of aromatic nitrogens is 1. The molecular weight excluding hydrogens is 1000 g/mol. The molecule has 76 heavy (non-hydrogen) atoms. The lowest BCUT2D eigenvalue weighted by Gasteiger charge is -2.50. The molecule has 2 aromatic rings. The Labute approximate surface area is 452 Å². The van der Waals surface area contributed by atoms with E-state index in [1.54, 1.807) is 77.8 Å². The number of cyclic esters (lactones) is 1. The molecule has 3 aliphatic heterocycles. The Balaban J connectivity index is 1.44. The summed E-state index contributed by atoms with van der Waals surface area (Å²) in [4.78, 5) is 75.4. The number of pyridine rings is 1. The normalized spacial score (nSPS) is 33.6. The van der Waals surface area contributed by atoms with E-state index in [1.807, 2.05) is 67.4 Å². The van der Waals surface area contributed by atoms with Crippen LogP contribution in [0.2, 0.25) is 0 Å². The van der Waals surface area contributed by atoms with Crippen LogP contribution in [0, 0.1) is 11.8 Å². The first-order valence-corrected chi connectivity index (χ1v) is 27.4. The first-order valence-electron chi connectivity index (χ1n) is 26.6. The molecule has 3 saturated heterocycles. The molecule has 5 unspecified atom stereocenters. The lowest BCUT2D eigenvalue weighted by molar-refractivity contribution is -0.344. The lowest BCUT2D eigenvalue weighted by atomic mass is 9.82. The molecule has 19 nitrogen and oxygen atoms in total. The quantitative estimate of drug-likeness (QED) is 0.0965. The summed E-state index contributed by atoms with van der Waals surface area (Å²) in [5.41, 5.74) is -0.462. The van der Waals surface area contributed by atoms with E-state index in [9.17, 15) is 34.2 Å². The van der Waals surface area contributed by atoms with E-state index in [2.05, 4.69) is 4.98 Å². The zero-order valence-corrected chi connectivity index (χ0v) is 47.0. The summed E-state index contributed by atoms with van der Waals surface area (Å²) >= 11 is 1.60. The monoisotopic (exact) mass is 1090 g/mol. The first-order chi connectivity index (χ1) is 36.2. The van der Waals surface area contributed by atoms with Crippen molar-refractivity contribution in [1.82, 2.24) is 14.8 Å². The number of carbonyl (C=O) groups excluding carboxylic acids is 5. The van der Waals surface area contributed by atoms with Crippen LogP contribution < -0.4 is 0 Å². The minimum atomic E-state index is -1.45. The number of methoxy groups -OCH3 is 1. The second-order valence-corrected chi connectivity index (χ2v) is 21.9. The number of β-amino-alcohol motifs (C(OH)–C–C–N with tert-alkyl or cyclic N) is 1. The minimum absolute atomic E-state index is 0.0262. The van der Waals surface area contributed by atoms with Gasteiger partial charge in [0.05, 0.1) is 36.9 Å². The molecule has 2 N–H and O–H groups in total. The van der Waals surface area contributed by atoms with Crippen LogP contribution in [-0.4, -0.2) is 182 Å². The Morgan fingerprint density at radius 3 is 2.32 bits per heavy atom. The molecule has 4 heterocycles. The van der Waals surface area contributed by atoms with Gasteiger partial charge in [0.2, 0.25) is 0 Å². The van der Waals surface area contributed by atoms with Gasteiger partial charge in [0.1, 0.15) is 36.8 Å². The van der Waals surface area contributed by atoms with Crippen molar-refractivity contribution in [3.05, 3.63) is 60.4 Å². The summed E-state index contributed by atoms with van der Waals surface area (Å²) in [5, 5.41) is 24.1. The molecule has 0 aliphatic carbocycles. The Morgan fingerprint density at radius 2 is 1.66 bits per heavy atom. The van der Waals surface area contributed by atoms with Gasteiger partial charge in [-0.25, -0.2) is 0 Å². The maximum absolute atomic E-state index is 14.3. The fraction of sp³-hybridized carbons (Fsp3) is 0.679. The number of aliphatic hydroxyl groups is 2. The van der Waals surface area contributed by atoms with Crippen LogP contribution in [0.1, 0.15) is 112 Å². The third kappa shape index (κ3) is 18.1. The second-order valence-electron chi connectivity index (χ2n) is 20.8. The predicted octanol–water partition coefficient (Wildman–Crippen LogP) is 6.18. The van der Waals surface area contributed by atoms with Crippen molar-refractivity contribution in [3.8, 4) is 0 Å². The van der Waals surface area contributed by atoms with E-state index in [1.165, 1.54) is 14.0 Å². The summed E-state index contributed by atoms with van der Waals surface area (Å²) in [6.45, 7) is 12.4. The summed E-state index contributed by atoms with van der Waals surface area (Å²) in [7, 11) is 6.80. The van der Waals surface area contributed by atoms with Gasteiger partial charge in [-0.1, -0.05) is 62.9 Å². The number of nitrogens with zero attached hydrogens (tertiary/aromatic N) is 3.